The van der Waals surface area contributed by atoms with Crippen LogP contribution in [0.5, 0.6) is 11.5 Å². The van der Waals surface area contributed by atoms with Gasteiger partial charge in [-0.25, -0.2) is 0 Å². The van der Waals surface area contributed by atoms with E-state index in [4.69, 9.17) is 9.47 Å². The van der Waals surface area contributed by atoms with E-state index in [2.05, 4.69) is 17.5 Å². The minimum atomic E-state index is -0.107. The van der Waals surface area contributed by atoms with Gasteiger partial charge >= 0.3 is 0 Å². The number of amides is 1. The van der Waals surface area contributed by atoms with E-state index < -0.39 is 0 Å². The molecule has 4 heteroatoms. The molecule has 0 aromatic heterocycles. The van der Waals surface area contributed by atoms with Gasteiger partial charge in [-0.2, -0.15) is 0 Å². The number of hydrogen-bond donors (Lipinski definition) is 1. The number of methoxy groups -OCH3 is 1. The summed E-state index contributed by atoms with van der Waals surface area (Å²) in [6.07, 6.45) is 6.91. The van der Waals surface area contributed by atoms with Gasteiger partial charge in [-0.05, 0) is 37.8 Å². The maximum atomic E-state index is 11.9. The zero-order valence-electron chi connectivity index (χ0n) is 12.7. The van der Waals surface area contributed by atoms with Crippen molar-refractivity contribution in [2.45, 2.75) is 32.3 Å². The topological polar surface area (TPSA) is 47.6 Å². The number of benzene rings is 1. The fourth-order valence-corrected chi connectivity index (χ4v) is 2.41. The number of carbonyl (C=O) groups excluding carboxylic acids is 1. The van der Waals surface area contributed by atoms with Gasteiger partial charge in [0.25, 0.3) is 0 Å². The lowest BCUT2D eigenvalue weighted by molar-refractivity contribution is -0.122. The second-order valence-electron chi connectivity index (χ2n) is 5.35. The van der Waals surface area contributed by atoms with Gasteiger partial charge in [0.15, 0.2) is 11.5 Å². The van der Waals surface area contributed by atoms with Crippen LogP contribution in [0.15, 0.2) is 36.4 Å². The molecular formula is C17H23NO3. The van der Waals surface area contributed by atoms with Crippen LogP contribution in [0.1, 0.15) is 26.2 Å². The largest absolute Gasteiger partial charge is 0.493 e. The predicted octanol–water partition coefficient (Wildman–Crippen LogP) is 2.94. The molecule has 4 nitrogen and oxygen atoms in total. The summed E-state index contributed by atoms with van der Waals surface area (Å²) >= 11 is 0. The summed E-state index contributed by atoms with van der Waals surface area (Å²) in [7, 11) is 1.61. The van der Waals surface area contributed by atoms with Gasteiger partial charge in [0.1, 0.15) is 6.10 Å². The Bertz CT molecular complexity index is 499. The van der Waals surface area contributed by atoms with E-state index in [0.29, 0.717) is 30.4 Å². The molecule has 1 aliphatic carbocycles. The first-order valence-corrected chi connectivity index (χ1v) is 7.42. The molecule has 2 atom stereocenters. The average Bonchev–Trinajstić information content (AvgIpc) is 2.98. The van der Waals surface area contributed by atoms with Crippen LogP contribution in [0.4, 0.5) is 0 Å². The van der Waals surface area contributed by atoms with Crippen LogP contribution in [0, 0.1) is 5.92 Å². The number of carbonyl (C=O) groups is 1. The summed E-state index contributed by atoms with van der Waals surface area (Å²) < 4.78 is 11.0. The number of allylic oxidation sites excluding steroid dienone is 2. The molecule has 0 fully saturated rings. The van der Waals surface area contributed by atoms with Crippen molar-refractivity contribution in [3.05, 3.63) is 36.4 Å². The lowest BCUT2D eigenvalue weighted by Gasteiger charge is -2.17. The zero-order chi connectivity index (χ0) is 15.1. The maximum Gasteiger partial charge on any atom is 0.220 e. The molecule has 1 aliphatic rings. The Hall–Kier alpha value is -1.97. The average molecular weight is 289 g/mol. The first-order valence-electron chi connectivity index (χ1n) is 7.42. The number of ether oxygens (including phenoxy) is 2. The Kier molecular flexibility index (Phi) is 5.67. The van der Waals surface area contributed by atoms with E-state index in [1.807, 2.05) is 31.2 Å². The standard InChI is InChI=1S/C17H23NO3/c1-13(21-16-10-6-5-9-15(16)20-2)12-18-17(19)11-14-7-3-4-8-14/h3,5-7,9-10,13-14H,4,8,11-12H2,1-2H3,(H,18,19)/t13-,14-/m1/s1. The van der Waals surface area contributed by atoms with Gasteiger partial charge in [-0.15, -0.1) is 0 Å². The molecule has 2 rings (SSSR count). The molecule has 0 bridgehead atoms. The van der Waals surface area contributed by atoms with Crippen molar-refractivity contribution in [3.8, 4) is 11.5 Å². The fraction of sp³-hybridized carbons (Fsp3) is 0.471. The Balaban J connectivity index is 1.75. The van der Waals surface area contributed by atoms with Crippen LogP contribution < -0.4 is 14.8 Å². The van der Waals surface area contributed by atoms with Crippen molar-refractivity contribution >= 4 is 5.91 Å². The third kappa shape index (κ3) is 4.81. The molecule has 0 aliphatic heterocycles. The van der Waals surface area contributed by atoms with E-state index in [-0.39, 0.29) is 12.0 Å². The lowest BCUT2D eigenvalue weighted by atomic mass is 10.1. The number of hydrogen-bond acceptors (Lipinski definition) is 3. The van der Waals surface area contributed by atoms with E-state index in [0.717, 1.165) is 12.8 Å². The second-order valence-corrected chi connectivity index (χ2v) is 5.35. The molecule has 0 spiro atoms. The molecular weight excluding hydrogens is 266 g/mol. The highest BCUT2D eigenvalue weighted by Crippen LogP contribution is 2.26. The Morgan fingerprint density at radius 2 is 2.14 bits per heavy atom. The lowest BCUT2D eigenvalue weighted by Crippen LogP contribution is -2.34. The van der Waals surface area contributed by atoms with Gasteiger partial charge < -0.3 is 14.8 Å². The summed E-state index contributed by atoms with van der Waals surface area (Å²) in [5.74, 6) is 1.88. The quantitative estimate of drug-likeness (QED) is 0.785. The number of nitrogens with one attached hydrogen (secondary N) is 1. The summed E-state index contributed by atoms with van der Waals surface area (Å²) in [6.45, 7) is 2.43. The first-order chi connectivity index (χ1) is 10.2. The fourth-order valence-electron chi connectivity index (χ4n) is 2.41. The van der Waals surface area contributed by atoms with E-state index in [1.165, 1.54) is 0 Å². The van der Waals surface area contributed by atoms with Crippen molar-refractivity contribution in [2.75, 3.05) is 13.7 Å². The van der Waals surface area contributed by atoms with E-state index in [9.17, 15) is 4.79 Å². The molecule has 1 aromatic carbocycles. The normalized spacial score (nSPS) is 18.3. The smallest absolute Gasteiger partial charge is 0.220 e. The van der Waals surface area contributed by atoms with Gasteiger partial charge in [-0.3, -0.25) is 4.79 Å². The Labute approximate surface area is 126 Å². The van der Waals surface area contributed by atoms with Gasteiger partial charge in [0, 0.05) is 6.42 Å². The molecule has 0 heterocycles. The van der Waals surface area contributed by atoms with Gasteiger partial charge in [0.2, 0.25) is 5.91 Å². The van der Waals surface area contributed by atoms with E-state index >= 15 is 0 Å². The van der Waals surface area contributed by atoms with Crippen molar-refractivity contribution in [1.82, 2.24) is 5.32 Å². The number of rotatable bonds is 7. The highest BCUT2D eigenvalue weighted by Gasteiger charge is 2.15. The molecule has 1 amide bonds. The molecule has 0 unspecified atom stereocenters. The molecule has 0 saturated heterocycles. The maximum absolute atomic E-state index is 11.9. The molecule has 114 valence electrons. The van der Waals surface area contributed by atoms with Crippen LogP contribution in [-0.2, 0) is 4.79 Å². The van der Waals surface area contributed by atoms with Gasteiger partial charge in [-0.1, -0.05) is 24.3 Å². The molecule has 0 saturated carbocycles. The van der Waals surface area contributed by atoms with Crippen LogP contribution in [0.2, 0.25) is 0 Å². The SMILES string of the molecule is COc1ccccc1O[C@H](C)CNC(=O)C[C@@H]1C=CCC1. The van der Waals surface area contributed by atoms with Crippen molar-refractivity contribution in [2.24, 2.45) is 5.92 Å². The highest BCUT2D eigenvalue weighted by molar-refractivity contribution is 5.76. The molecule has 1 N–H and O–H groups in total. The zero-order valence-corrected chi connectivity index (χ0v) is 12.7. The first kappa shape index (κ1) is 15.4. The van der Waals surface area contributed by atoms with Crippen molar-refractivity contribution in [3.63, 3.8) is 0 Å². The molecule has 1 aromatic rings. The Morgan fingerprint density at radius 3 is 2.81 bits per heavy atom. The molecule has 21 heavy (non-hydrogen) atoms. The summed E-state index contributed by atoms with van der Waals surface area (Å²) in [5, 5.41) is 2.93. The van der Waals surface area contributed by atoms with Crippen LogP contribution >= 0.6 is 0 Å². The van der Waals surface area contributed by atoms with Gasteiger partial charge in [0.05, 0.1) is 13.7 Å². The third-order valence-corrected chi connectivity index (χ3v) is 3.54. The minimum absolute atomic E-state index is 0.0852. The second kappa shape index (κ2) is 7.72. The monoisotopic (exact) mass is 289 g/mol. The minimum Gasteiger partial charge on any atom is -0.493 e. The third-order valence-electron chi connectivity index (χ3n) is 3.54. The summed E-state index contributed by atoms with van der Waals surface area (Å²) in [4.78, 5) is 11.9. The van der Waals surface area contributed by atoms with E-state index in [1.54, 1.807) is 7.11 Å². The van der Waals surface area contributed by atoms with Crippen molar-refractivity contribution in [1.29, 1.82) is 0 Å². The summed E-state index contributed by atoms with van der Waals surface area (Å²) in [6, 6.07) is 7.51. The molecule has 0 radical (unpaired) electrons. The Morgan fingerprint density at radius 1 is 1.38 bits per heavy atom. The van der Waals surface area contributed by atoms with Crippen LogP contribution in [0.3, 0.4) is 0 Å². The van der Waals surface area contributed by atoms with Crippen LogP contribution in [-0.4, -0.2) is 25.7 Å². The van der Waals surface area contributed by atoms with Crippen LogP contribution in [0.25, 0.3) is 0 Å². The number of para-hydroxylation sites is 2. The summed E-state index contributed by atoms with van der Waals surface area (Å²) in [5.41, 5.74) is 0. The highest BCUT2D eigenvalue weighted by atomic mass is 16.5. The van der Waals surface area contributed by atoms with Crippen molar-refractivity contribution < 1.29 is 14.3 Å². The predicted molar refractivity (Wildman–Crippen MR) is 82.6 cm³/mol.